The molecule has 0 aromatic carbocycles. The summed E-state index contributed by atoms with van der Waals surface area (Å²) in [5, 5.41) is 7.18. The van der Waals surface area contributed by atoms with Crippen molar-refractivity contribution in [1.29, 1.82) is 0 Å². The van der Waals surface area contributed by atoms with E-state index >= 15 is 0 Å². The molecule has 0 spiro atoms. The Hall–Kier alpha value is -1.85. The molecule has 1 aliphatic heterocycles. The molecule has 0 radical (unpaired) electrons. The number of amides is 2. The Labute approximate surface area is 119 Å². The number of nitrogens with one attached hydrogen (secondary N) is 1. The van der Waals surface area contributed by atoms with Crippen molar-refractivity contribution in [2.45, 2.75) is 52.2 Å². The minimum absolute atomic E-state index is 0.0230. The van der Waals surface area contributed by atoms with E-state index in [1.165, 1.54) is 0 Å². The number of aromatic nitrogens is 2. The zero-order valence-corrected chi connectivity index (χ0v) is 12.3. The van der Waals surface area contributed by atoms with Crippen LogP contribution in [0, 0.1) is 0 Å². The molecule has 1 aromatic rings. The lowest BCUT2D eigenvalue weighted by atomic mass is 10.1. The van der Waals surface area contributed by atoms with Gasteiger partial charge in [0.2, 0.25) is 11.8 Å². The van der Waals surface area contributed by atoms with E-state index in [2.05, 4.69) is 24.3 Å². The van der Waals surface area contributed by atoms with Crippen LogP contribution in [0.4, 0.5) is 0 Å². The van der Waals surface area contributed by atoms with Crippen molar-refractivity contribution in [3.8, 4) is 0 Å². The van der Waals surface area contributed by atoms with Crippen molar-refractivity contribution in [3.05, 3.63) is 18.0 Å². The Bertz CT molecular complexity index is 497. The molecular weight excluding hydrogens is 256 g/mol. The second kappa shape index (κ2) is 6.07. The van der Waals surface area contributed by atoms with Crippen LogP contribution in [0.5, 0.6) is 0 Å². The third-order valence-electron chi connectivity index (χ3n) is 3.75. The normalized spacial score (nSPS) is 20.9. The van der Waals surface area contributed by atoms with E-state index in [1.807, 2.05) is 23.9 Å². The second-order valence-electron chi connectivity index (χ2n) is 5.27. The average molecular weight is 278 g/mol. The first-order valence-corrected chi connectivity index (χ1v) is 7.17. The molecule has 1 fully saturated rings. The molecule has 0 saturated carbocycles. The molecule has 0 bridgehead atoms. The number of hydrogen-bond donors (Lipinski definition) is 1. The third kappa shape index (κ3) is 3.00. The minimum atomic E-state index is -0.395. The number of nitrogens with zero attached hydrogens (tertiary/aromatic N) is 3. The first-order valence-electron chi connectivity index (χ1n) is 7.17. The highest BCUT2D eigenvalue weighted by atomic mass is 16.2. The first kappa shape index (κ1) is 14.6. The van der Waals surface area contributed by atoms with E-state index in [0.717, 1.165) is 12.1 Å². The smallest absolute Gasteiger partial charge is 0.245 e. The number of carbonyl (C=O) groups is 2. The highest BCUT2D eigenvalue weighted by molar-refractivity contribution is 5.94. The Morgan fingerprint density at radius 3 is 2.85 bits per heavy atom. The predicted octanol–water partition coefficient (Wildman–Crippen LogP) is 1.09. The summed E-state index contributed by atoms with van der Waals surface area (Å²) in [5.41, 5.74) is 0.822. The summed E-state index contributed by atoms with van der Waals surface area (Å²) in [4.78, 5) is 25.4. The van der Waals surface area contributed by atoms with Gasteiger partial charge in [-0.3, -0.25) is 14.3 Å². The molecule has 1 aliphatic rings. The fourth-order valence-electron chi connectivity index (χ4n) is 2.27. The summed E-state index contributed by atoms with van der Waals surface area (Å²) in [6.45, 7) is 6.61. The molecule has 1 N–H and O–H groups in total. The van der Waals surface area contributed by atoms with Gasteiger partial charge in [0.1, 0.15) is 12.6 Å². The lowest BCUT2D eigenvalue weighted by Gasteiger charge is -2.31. The number of rotatable bonds is 5. The molecule has 2 heterocycles. The first-order chi connectivity index (χ1) is 9.55. The Morgan fingerprint density at radius 2 is 2.20 bits per heavy atom. The Morgan fingerprint density at radius 1 is 1.45 bits per heavy atom. The van der Waals surface area contributed by atoms with Gasteiger partial charge in [0.25, 0.3) is 0 Å². The Balaban J connectivity index is 2.06. The lowest BCUT2D eigenvalue weighted by Crippen LogP contribution is -2.57. The fraction of sp³-hybridized carbons (Fsp3) is 0.643. The van der Waals surface area contributed by atoms with E-state index in [9.17, 15) is 9.59 Å². The SMILES string of the molecule is CCC1NC(=O)CN(Cc2ccn(C(C)CC)n2)C1=O. The van der Waals surface area contributed by atoms with Crippen LogP contribution < -0.4 is 5.32 Å². The van der Waals surface area contributed by atoms with Gasteiger partial charge >= 0.3 is 0 Å². The van der Waals surface area contributed by atoms with Gasteiger partial charge in [-0.2, -0.15) is 5.10 Å². The number of hydrogen-bond acceptors (Lipinski definition) is 3. The van der Waals surface area contributed by atoms with Crippen LogP contribution in [0.3, 0.4) is 0 Å². The zero-order chi connectivity index (χ0) is 14.7. The molecule has 1 aromatic heterocycles. The molecular formula is C14H22N4O2. The lowest BCUT2D eigenvalue weighted by molar-refractivity contribution is -0.145. The summed E-state index contributed by atoms with van der Waals surface area (Å²) >= 11 is 0. The summed E-state index contributed by atoms with van der Waals surface area (Å²) in [5.74, 6) is -0.122. The molecule has 2 rings (SSSR count). The van der Waals surface area contributed by atoms with E-state index in [4.69, 9.17) is 0 Å². The third-order valence-corrected chi connectivity index (χ3v) is 3.75. The topological polar surface area (TPSA) is 67.2 Å². The second-order valence-corrected chi connectivity index (χ2v) is 5.27. The molecule has 0 aliphatic carbocycles. The molecule has 1 saturated heterocycles. The molecule has 20 heavy (non-hydrogen) atoms. The van der Waals surface area contributed by atoms with E-state index in [-0.39, 0.29) is 18.4 Å². The zero-order valence-electron chi connectivity index (χ0n) is 12.3. The van der Waals surface area contributed by atoms with Gasteiger partial charge in [-0.15, -0.1) is 0 Å². The fourth-order valence-corrected chi connectivity index (χ4v) is 2.27. The molecule has 6 heteroatoms. The van der Waals surface area contributed by atoms with E-state index in [1.54, 1.807) is 4.90 Å². The van der Waals surface area contributed by atoms with Crippen molar-refractivity contribution in [2.75, 3.05) is 6.54 Å². The number of piperazine rings is 1. The van der Waals surface area contributed by atoms with Gasteiger partial charge in [-0.25, -0.2) is 0 Å². The van der Waals surface area contributed by atoms with Crippen molar-refractivity contribution in [1.82, 2.24) is 20.0 Å². The highest BCUT2D eigenvalue weighted by Crippen LogP contribution is 2.13. The Kier molecular flexibility index (Phi) is 4.42. The van der Waals surface area contributed by atoms with Crippen LogP contribution in [0.15, 0.2) is 12.3 Å². The standard InChI is InChI=1S/C14H22N4O2/c1-4-10(3)18-7-6-11(16-18)8-17-9-13(19)15-12(5-2)14(17)20/h6-7,10,12H,4-5,8-9H2,1-3H3,(H,15,19). The van der Waals surface area contributed by atoms with Crippen LogP contribution >= 0.6 is 0 Å². The molecule has 2 atom stereocenters. The largest absolute Gasteiger partial charge is 0.343 e. The van der Waals surface area contributed by atoms with Gasteiger partial charge < -0.3 is 10.2 Å². The van der Waals surface area contributed by atoms with E-state index in [0.29, 0.717) is 19.0 Å². The van der Waals surface area contributed by atoms with Crippen molar-refractivity contribution in [3.63, 3.8) is 0 Å². The van der Waals surface area contributed by atoms with Gasteiger partial charge in [0.05, 0.1) is 12.2 Å². The average Bonchev–Trinajstić information content (AvgIpc) is 2.90. The van der Waals surface area contributed by atoms with Gasteiger partial charge in [-0.1, -0.05) is 13.8 Å². The quantitative estimate of drug-likeness (QED) is 0.876. The maximum atomic E-state index is 12.2. The van der Waals surface area contributed by atoms with E-state index < -0.39 is 6.04 Å². The van der Waals surface area contributed by atoms with Gasteiger partial charge in [0, 0.05) is 12.2 Å². The summed E-state index contributed by atoms with van der Waals surface area (Å²) < 4.78 is 1.90. The maximum Gasteiger partial charge on any atom is 0.245 e. The van der Waals surface area contributed by atoms with Crippen molar-refractivity contribution in [2.24, 2.45) is 0 Å². The van der Waals surface area contributed by atoms with Crippen LogP contribution in [0.25, 0.3) is 0 Å². The summed E-state index contributed by atoms with van der Waals surface area (Å²) in [7, 11) is 0. The maximum absolute atomic E-state index is 12.2. The number of carbonyl (C=O) groups excluding carboxylic acids is 2. The van der Waals surface area contributed by atoms with Crippen LogP contribution in [-0.2, 0) is 16.1 Å². The van der Waals surface area contributed by atoms with Gasteiger partial charge in [0.15, 0.2) is 0 Å². The highest BCUT2D eigenvalue weighted by Gasteiger charge is 2.31. The predicted molar refractivity (Wildman–Crippen MR) is 74.9 cm³/mol. The van der Waals surface area contributed by atoms with Crippen LogP contribution in [0.1, 0.15) is 45.3 Å². The minimum Gasteiger partial charge on any atom is -0.343 e. The monoisotopic (exact) mass is 278 g/mol. The van der Waals surface area contributed by atoms with Crippen molar-refractivity contribution < 1.29 is 9.59 Å². The van der Waals surface area contributed by atoms with Crippen LogP contribution in [0.2, 0.25) is 0 Å². The molecule has 2 amide bonds. The summed E-state index contributed by atoms with van der Waals surface area (Å²) in [6, 6.07) is 1.85. The molecule has 2 unspecified atom stereocenters. The van der Waals surface area contributed by atoms with Crippen molar-refractivity contribution >= 4 is 11.8 Å². The summed E-state index contributed by atoms with van der Waals surface area (Å²) in [6.07, 6.45) is 3.54. The molecule has 6 nitrogen and oxygen atoms in total. The molecule has 110 valence electrons. The van der Waals surface area contributed by atoms with Crippen LogP contribution in [-0.4, -0.2) is 39.1 Å². The van der Waals surface area contributed by atoms with Gasteiger partial charge in [-0.05, 0) is 25.8 Å².